The van der Waals surface area contributed by atoms with E-state index in [1.165, 1.54) is 0 Å². The van der Waals surface area contributed by atoms with E-state index >= 15 is 0 Å². The number of ether oxygens (including phenoxy) is 1. The smallest absolute Gasteiger partial charge is 0.260 e. The summed E-state index contributed by atoms with van der Waals surface area (Å²) in [6, 6.07) is 6.89. The van der Waals surface area contributed by atoms with Crippen molar-refractivity contribution in [2.75, 3.05) is 13.7 Å². The number of carbonyl (C=O) groups is 1. The number of hydrogen-bond acceptors (Lipinski definition) is 4. The van der Waals surface area contributed by atoms with Crippen LogP contribution in [0.5, 0.6) is 5.75 Å². The molecule has 0 bridgehead atoms. The summed E-state index contributed by atoms with van der Waals surface area (Å²) in [5.74, 6) is 0.539. The van der Waals surface area contributed by atoms with Gasteiger partial charge in [-0.25, -0.2) is 0 Å². The Morgan fingerprint density at radius 2 is 2.05 bits per heavy atom. The van der Waals surface area contributed by atoms with Crippen molar-refractivity contribution in [3.05, 3.63) is 29.8 Å². The lowest BCUT2D eigenvalue weighted by Crippen LogP contribution is -2.38. The molecule has 3 N–H and O–H groups in total. The Balaban J connectivity index is 2.53. The molecule has 0 aromatic heterocycles. The lowest BCUT2D eigenvalue weighted by atomic mass is 10.2. The number of rotatable bonds is 7. The molecule has 1 amide bonds. The van der Waals surface area contributed by atoms with Crippen molar-refractivity contribution in [2.24, 2.45) is 10.9 Å². The van der Waals surface area contributed by atoms with E-state index in [0.29, 0.717) is 11.3 Å². The first kappa shape index (κ1) is 16.8. The molecule has 1 rings (SSSR count). The van der Waals surface area contributed by atoms with Crippen molar-refractivity contribution in [3.63, 3.8) is 0 Å². The largest absolute Gasteiger partial charge is 0.484 e. The van der Waals surface area contributed by atoms with E-state index in [9.17, 15) is 4.79 Å². The van der Waals surface area contributed by atoms with Crippen molar-refractivity contribution in [3.8, 4) is 5.75 Å². The van der Waals surface area contributed by atoms with E-state index in [-0.39, 0.29) is 24.4 Å². The van der Waals surface area contributed by atoms with Gasteiger partial charge in [-0.1, -0.05) is 18.5 Å². The van der Waals surface area contributed by atoms with Gasteiger partial charge in [0.25, 0.3) is 5.91 Å². The summed E-state index contributed by atoms with van der Waals surface area (Å²) < 4.78 is 5.45. The van der Waals surface area contributed by atoms with Crippen molar-refractivity contribution in [1.29, 1.82) is 0 Å². The SMILES string of the molecule is CCCC(C)N(C)C(=O)COc1ccc(/C(N)=N/O)cc1. The molecule has 0 fully saturated rings. The Bertz CT molecular complexity index is 485. The molecule has 1 aromatic rings. The maximum atomic E-state index is 12.0. The fourth-order valence-corrected chi connectivity index (χ4v) is 1.88. The number of nitrogens with zero attached hydrogens (tertiary/aromatic N) is 2. The molecular formula is C15H23N3O3. The van der Waals surface area contributed by atoms with Gasteiger partial charge >= 0.3 is 0 Å². The van der Waals surface area contributed by atoms with Crippen molar-refractivity contribution in [2.45, 2.75) is 32.7 Å². The van der Waals surface area contributed by atoms with E-state index in [1.807, 2.05) is 6.92 Å². The molecule has 1 atom stereocenters. The van der Waals surface area contributed by atoms with Gasteiger partial charge in [-0.15, -0.1) is 0 Å². The van der Waals surface area contributed by atoms with Crippen LogP contribution in [0.15, 0.2) is 29.4 Å². The topological polar surface area (TPSA) is 88.2 Å². The first-order valence-electron chi connectivity index (χ1n) is 6.96. The molecule has 1 aromatic carbocycles. The standard InChI is InChI=1S/C15H23N3O3/c1-4-5-11(2)18(3)14(19)10-21-13-8-6-12(7-9-13)15(16)17-20/h6-9,11,20H,4-5,10H2,1-3H3,(H2,16,17). The lowest BCUT2D eigenvalue weighted by Gasteiger charge is -2.24. The number of benzene rings is 1. The number of oxime groups is 1. The van der Waals surface area contributed by atoms with Gasteiger partial charge in [0, 0.05) is 18.7 Å². The average molecular weight is 293 g/mol. The minimum absolute atomic E-state index is 0.00648. The Morgan fingerprint density at radius 3 is 2.57 bits per heavy atom. The van der Waals surface area contributed by atoms with Crippen molar-refractivity contribution >= 4 is 11.7 Å². The summed E-state index contributed by atoms with van der Waals surface area (Å²) in [7, 11) is 1.79. The molecule has 6 heteroatoms. The quantitative estimate of drug-likeness (QED) is 0.347. The number of nitrogens with two attached hydrogens (primary N) is 1. The van der Waals surface area contributed by atoms with E-state index in [1.54, 1.807) is 36.2 Å². The summed E-state index contributed by atoms with van der Waals surface area (Å²) in [4.78, 5) is 13.7. The van der Waals surface area contributed by atoms with Crippen LogP contribution in [0.3, 0.4) is 0 Å². The first-order chi connectivity index (χ1) is 9.99. The van der Waals surface area contributed by atoms with Gasteiger partial charge < -0.3 is 20.6 Å². The third-order valence-corrected chi connectivity index (χ3v) is 3.38. The second kappa shape index (κ2) is 8.14. The third kappa shape index (κ3) is 4.98. The number of likely N-dealkylation sites (N-methyl/N-ethyl adjacent to an activating group) is 1. The zero-order chi connectivity index (χ0) is 15.8. The van der Waals surface area contributed by atoms with Crippen LogP contribution < -0.4 is 10.5 Å². The maximum absolute atomic E-state index is 12.0. The van der Waals surface area contributed by atoms with E-state index in [0.717, 1.165) is 12.8 Å². The predicted octanol–water partition coefficient (Wildman–Crippen LogP) is 1.81. The minimum atomic E-state index is -0.0588. The van der Waals surface area contributed by atoms with Crippen LogP contribution in [0.2, 0.25) is 0 Å². The van der Waals surface area contributed by atoms with Gasteiger partial charge in [-0.05, 0) is 37.6 Å². The molecule has 21 heavy (non-hydrogen) atoms. The summed E-state index contributed by atoms with van der Waals surface area (Å²) in [5, 5.41) is 11.5. The molecule has 1 unspecified atom stereocenters. The predicted molar refractivity (Wildman–Crippen MR) is 81.6 cm³/mol. The second-order valence-corrected chi connectivity index (χ2v) is 4.94. The van der Waals surface area contributed by atoms with Gasteiger partial charge in [0.15, 0.2) is 12.4 Å². The summed E-state index contributed by atoms with van der Waals surface area (Å²) in [5.41, 5.74) is 6.05. The first-order valence-corrected chi connectivity index (χ1v) is 6.96. The van der Waals surface area contributed by atoms with E-state index in [4.69, 9.17) is 15.7 Å². The van der Waals surface area contributed by atoms with Gasteiger partial charge in [-0.2, -0.15) is 0 Å². The molecule has 0 aliphatic rings. The molecule has 116 valence electrons. The molecule has 0 radical (unpaired) electrons. The molecule has 0 spiro atoms. The van der Waals surface area contributed by atoms with Crippen molar-refractivity contribution in [1.82, 2.24) is 4.90 Å². The molecule has 0 heterocycles. The van der Waals surface area contributed by atoms with Crippen LogP contribution in [0.4, 0.5) is 0 Å². The number of hydrogen-bond donors (Lipinski definition) is 2. The molecule has 0 saturated carbocycles. The monoisotopic (exact) mass is 293 g/mol. The Morgan fingerprint density at radius 1 is 1.43 bits per heavy atom. The molecule has 0 aliphatic carbocycles. The van der Waals surface area contributed by atoms with Crippen LogP contribution in [-0.2, 0) is 4.79 Å². The highest BCUT2D eigenvalue weighted by Gasteiger charge is 2.15. The van der Waals surface area contributed by atoms with E-state index in [2.05, 4.69) is 12.1 Å². The van der Waals surface area contributed by atoms with Gasteiger partial charge in [0.2, 0.25) is 0 Å². The van der Waals surface area contributed by atoms with Crippen molar-refractivity contribution < 1.29 is 14.7 Å². The van der Waals surface area contributed by atoms with Gasteiger partial charge in [0.1, 0.15) is 5.75 Å². The van der Waals surface area contributed by atoms with E-state index < -0.39 is 0 Å². The van der Waals surface area contributed by atoms with Crippen LogP contribution >= 0.6 is 0 Å². The molecule has 0 aliphatic heterocycles. The number of amidine groups is 1. The highest BCUT2D eigenvalue weighted by atomic mass is 16.5. The lowest BCUT2D eigenvalue weighted by molar-refractivity contribution is -0.133. The fraction of sp³-hybridized carbons (Fsp3) is 0.467. The molecule has 0 saturated heterocycles. The van der Waals surface area contributed by atoms with Crippen LogP contribution in [0.1, 0.15) is 32.3 Å². The third-order valence-electron chi connectivity index (χ3n) is 3.38. The van der Waals surface area contributed by atoms with Gasteiger partial charge in [0.05, 0.1) is 0 Å². The molecule has 6 nitrogen and oxygen atoms in total. The molecular weight excluding hydrogens is 270 g/mol. The zero-order valence-corrected chi connectivity index (χ0v) is 12.7. The Labute approximate surface area is 125 Å². The minimum Gasteiger partial charge on any atom is -0.484 e. The second-order valence-electron chi connectivity index (χ2n) is 4.94. The highest BCUT2D eigenvalue weighted by molar-refractivity contribution is 5.97. The Hall–Kier alpha value is -2.24. The van der Waals surface area contributed by atoms with Gasteiger partial charge in [-0.3, -0.25) is 4.79 Å². The fourth-order valence-electron chi connectivity index (χ4n) is 1.88. The van der Waals surface area contributed by atoms with Crippen LogP contribution in [0.25, 0.3) is 0 Å². The zero-order valence-electron chi connectivity index (χ0n) is 12.7. The average Bonchev–Trinajstić information content (AvgIpc) is 2.51. The van der Waals surface area contributed by atoms with Crippen LogP contribution in [-0.4, -0.2) is 41.5 Å². The number of amides is 1. The normalized spacial score (nSPS) is 12.8. The Kier molecular flexibility index (Phi) is 6.52. The summed E-state index contributed by atoms with van der Waals surface area (Å²) in [6.45, 7) is 4.11. The summed E-state index contributed by atoms with van der Waals surface area (Å²) in [6.07, 6.45) is 2.01. The number of carbonyl (C=O) groups excluding carboxylic acids is 1. The summed E-state index contributed by atoms with van der Waals surface area (Å²) >= 11 is 0. The maximum Gasteiger partial charge on any atom is 0.260 e. The van der Waals surface area contributed by atoms with Crippen LogP contribution in [0, 0.1) is 0 Å². The highest BCUT2D eigenvalue weighted by Crippen LogP contribution is 2.12.